The first-order chi connectivity index (χ1) is 18.2. The van der Waals surface area contributed by atoms with Gasteiger partial charge in [-0.1, -0.05) is 24.3 Å². The Kier molecular flexibility index (Phi) is 6.45. The molecule has 0 radical (unpaired) electrons. The minimum Gasteiger partial charge on any atom is -0.507 e. The van der Waals surface area contributed by atoms with Crippen LogP contribution in [0.4, 0.5) is 5.69 Å². The summed E-state index contributed by atoms with van der Waals surface area (Å²) in [4.78, 5) is 32.1. The molecule has 4 aromatic rings. The molecule has 0 bridgehead atoms. The van der Waals surface area contributed by atoms with Gasteiger partial charge in [-0.3, -0.25) is 14.5 Å². The highest BCUT2D eigenvalue weighted by Crippen LogP contribution is 2.46. The van der Waals surface area contributed by atoms with Crippen molar-refractivity contribution in [2.45, 2.75) is 39.8 Å². The number of rotatable bonds is 6. The van der Waals surface area contributed by atoms with Crippen LogP contribution in [0, 0.1) is 13.8 Å². The van der Waals surface area contributed by atoms with Crippen LogP contribution in [-0.2, 0) is 9.59 Å². The van der Waals surface area contributed by atoms with Crippen molar-refractivity contribution in [1.82, 2.24) is 4.98 Å². The van der Waals surface area contributed by atoms with E-state index in [2.05, 4.69) is 4.98 Å². The van der Waals surface area contributed by atoms with E-state index in [1.807, 2.05) is 52.0 Å². The maximum Gasteiger partial charge on any atom is 0.300 e. The first kappa shape index (κ1) is 25.1. The molecule has 38 heavy (non-hydrogen) atoms. The number of anilines is 1. The minimum absolute atomic E-state index is 0.00816. The summed E-state index contributed by atoms with van der Waals surface area (Å²) in [6.45, 7) is 7.67. The molecule has 7 heteroatoms. The molecular formula is C31H30N2O5. The number of H-pyrrole nitrogens is 1. The lowest BCUT2D eigenvalue weighted by Gasteiger charge is -2.26. The highest BCUT2D eigenvalue weighted by molar-refractivity contribution is 6.52. The summed E-state index contributed by atoms with van der Waals surface area (Å²) in [5, 5.41) is 12.5. The number of ether oxygens (including phenoxy) is 2. The third kappa shape index (κ3) is 4.20. The van der Waals surface area contributed by atoms with Crippen molar-refractivity contribution in [2.24, 2.45) is 0 Å². The Hall–Kier alpha value is -4.52. The number of amides is 1. The largest absolute Gasteiger partial charge is 0.507 e. The number of carbonyl (C=O) groups excluding carboxylic acids is 2. The van der Waals surface area contributed by atoms with Crippen LogP contribution in [0.25, 0.3) is 16.7 Å². The van der Waals surface area contributed by atoms with Crippen LogP contribution in [0.15, 0.2) is 72.3 Å². The number of Topliss-reactive ketones (excluding diaryl/α,β-unsaturated/α-hetero) is 1. The van der Waals surface area contributed by atoms with E-state index in [0.29, 0.717) is 22.7 Å². The third-order valence-corrected chi connectivity index (χ3v) is 6.80. The molecule has 2 heterocycles. The molecule has 0 aliphatic carbocycles. The van der Waals surface area contributed by atoms with Gasteiger partial charge >= 0.3 is 0 Å². The predicted molar refractivity (Wildman–Crippen MR) is 148 cm³/mol. The average Bonchev–Trinajstić information content (AvgIpc) is 3.36. The number of methoxy groups -OCH3 is 1. The van der Waals surface area contributed by atoms with Crippen molar-refractivity contribution in [3.05, 3.63) is 94.7 Å². The molecule has 0 spiro atoms. The van der Waals surface area contributed by atoms with E-state index < -0.39 is 17.7 Å². The lowest BCUT2D eigenvalue weighted by atomic mass is 9.92. The summed E-state index contributed by atoms with van der Waals surface area (Å²) in [5.41, 5.74) is 4.20. The normalized spacial score (nSPS) is 17.0. The molecule has 3 aromatic carbocycles. The van der Waals surface area contributed by atoms with Gasteiger partial charge in [0.25, 0.3) is 11.7 Å². The summed E-state index contributed by atoms with van der Waals surface area (Å²) in [6, 6.07) is 19.1. The molecule has 0 saturated carbocycles. The number of ketones is 1. The maximum absolute atomic E-state index is 13.6. The van der Waals surface area contributed by atoms with Gasteiger partial charge in [0.1, 0.15) is 17.3 Å². The minimum atomic E-state index is -0.856. The molecular weight excluding hydrogens is 480 g/mol. The van der Waals surface area contributed by atoms with E-state index in [1.54, 1.807) is 49.6 Å². The van der Waals surface area contributed by atoms with Crippen LogP contribution in [0.3, 0.4) is 0 Å². The zero-order valence-electron chi connectivity index (χ0n) is 22.0. The topological polar surface area (TPSA) is 91.9 Å². The number of aromatic amines is 1. The van der Waals surface area contributed by atoms with Crippen LogP contribution in [0.1, 0.15) is 42.3 Å². The maximum atomic E-state index is 13.6. The van der Waals surface area contributed by atoms with Gasteiger partial charge in [0.05, 0.1) is 24.8 Å². The number of hydrogen-bond acceptors (Lipinski definition) is 5. The molecule has 1 amide bonds. The van der Waals surface area contributed by atoms with Gasteiger partial charge in [0, 0.05) is 39.5 Å². The Morgan fingerprint density at radius 2 is 1.76 bits per heavy atom. The Labute approximate surface area is 221 Å². The van der Waals surface area contributed by atoms with Crippen molar-refractivity contribution >= 4 is 34.0 Å². The fourth-order valence-electron chi connectivity index (χ4n) is 5.12. The molecule has 1 atom stereocenters. The number of aliphatic hydroxyl groups is 1. The number of aromatic nitrogens is 1. The lowest BCUT2D eigenvalue weighted by Crippen LogP contribution is -2.29. The smallest absolute Gasteiger partial charge is 0.300 e. The van der Waals surface area contributed by atoms with Crippen LogP contribution in [0.5, 0.6) is 11.5 Å². The number of benzene rings is 3. The molecule has 7 nitrogen and oxygen atoms in total. The highest BCUT2D eigenvalue weighted by Gasteiger charge is 2.48. The van der Waals surface area contributed by atoms with Crippen LogP contribution in [0.2, 0.25) is 0 Å². The van der Waals surface area contributed by atoms with Crippen molar-refractivity contribution in [2.75, 3.05) is 12.0 Å². The molecule has 1 aliphatic heterocycles. The lowest BCUT2D eigenvalue weighted by molar-refractivity contribution is -0.132. The van der Waals surface area contributed by atoms with Gasteiger partial charge in [-0.15, -0.1) is 0 Å². The predicted octanol–water partition coefficient (Wildman–Crippen LogP) is 6.21. The Morgan fingerprint density at radius 1 is 1.00 bits per heavy atom. The number of nitrogens with zero attached hydrogens (tertiary/aromatic N) is 1. The highest BCUT2D eigenvalue weighted by atomic mass is 16.5. The fraction of sp³-hybridized carbons (Fsp3) is 0.226. The molecule has 1 saturated heterocycles. The van der Waals surface area contributed by atoms with E-state index in [9.17, 15) is 14.7 Å². The van der Waals surface area contributed by atoms with Gasteiger partial charge < -0.3 is 19.6 Å². The molecule has 2 N–H and O–H groups in total. The van der Waals surface area contributed by atoms with Gasteiger partial charge in [-0.05, 0) is 69.7 Å². The van der Waals surface area contributed by atoms with Crippen molar-refractivity contribution in [3.8, 4) is 11.5 Å². The number of aryl methyl sites for hydroxylation is 2. The van der Waals surface area contributed by atoms with E-state index in [1.165, 1.54) is 4.90 Å². The molecule has 1 aromatic heterocycles. The molecule has 1 fully saturated rings. The first-order valence-electron chi connectivity index (χ1n) is 12.5. The second-order valence-electron chi connectivity index (χ2n) is 9.73. The Balaban J connectivity index is 1.76. The number of fused-ring (bicyclic) bond motifs is 1. The summed E-state index contributed by atoms with van der Waals surface area (Å²) >= 11 is 0. The number of carbonyl (C=O) groups is 2. The Bertz CT molecular complexity index is 1600. The zero-order valence-corrected chi connectivity index (χ0v) is 22.0. The number of nitrogens with one attached hydrogen (secondary N) is 1. The molecule has 5 rings (SSSR count). The number of para-hydroxylation sites is 1. The summed E-state index contributed by atoms with van der Waals surface area (Å²) in [5.74, 6) is -0.457. The van der Waals surface area contributed by atoms with E-state index in [4.69, 9.17) is 9.47 Å². The van der Waals surface area contributed by atoms with E-state index in [0.717, 1.165) is 27.7 Å². The van der Waals surface area contributed by atoms with Crippen molar-refractivity contribution in [3.63, 3.8) is 0 Å². The van der Waals surface area contributed by atoms with Crippen LogP contribution in [-0.4, -0.2) is 35.0 Å². The second-order valence-corrected chi connectivity index (χ2v) is 9.73. The number of hydrogen-bond donors (Lipinski definition) is 2. The Morgan fingerprint density at radius 3 is 2.47 bits per heavy atom. The molecule has 194 valence electrons. The molecule has 1 aliphatic rings. The molecule has 1 unspecified atom stereocenters. The monoisotopic (exact) mass is 510 g/mol. The van der Waals surface area contributed by atoms with Crippen molar-refractivity contribution in [1.29, 1.82) is 0 Å². The van der Waals surface area contributed by atoms with Gasteiger partial charge in [0.15, 0.2) is 0 Å². The summed E-state index contributed by atoms with van der Waals surface area (Å²) < 4.78 is 11.2. The third-order valence-electron chi connectivity index (χ3n) is 6.80. The standard InChI is InChI=1S/C31H30N2O5/c1-17(2)38-25-14-13-20(15-18(25)3)29(34)27-28(26-19(4)32-24-12-7-6-11-23(24)26)33(31(36)30(27)35)21-9-8-10-22(16-21)37-5/h6-17,28,32,34H,1-5H3/b29-27+. The van der Waals surface area contributed by atoms with Gasteiger partial charge in [-0.2, -0.15) is 0 Å². The van der Waals surface area contributed by atoms with E-state index >= 15 is 0 Å². The van der Waals surface area contributed by atoms with Gasteiger partial charge in [0.2, 0.25) is 0 Å². The van der Waals surface area contributed by atoms with Crippen LogP contribution >= 0.6 is 0 Å². The van der Waals surface area contributed by atoms with Gasteiger partial charge in [-0.25, -0.2) is 0 Å². The SMILES string of the molecule is COc1cccc(N2C(=O)C(=O)/C(=C(/O)c3ccc(OC(C)C)c(C)c3)C2c2c(C)[nH]c3ccccc23)c1. The van der Waals surface area contributed by atoms with Crippen LogP contribution < -0.4 is 14.4 Å². The average molecular weight is 511 g/mol. The summed E-state index contributed by atoms with van der Waals surface area (Å²) in [7, 11) is 1.55. The summed E-state index contributed by atoms with van der Waals surface area (Å²) in [6.07, 6.45) is -0.00816. The van der Waals surface area contributed by atoms with Crippen molar-refractivity contribution < 1.29 is 24.2 Å². The fourth-order valence-corrected chi connectivity index (χ4v) is 5.12. The number of aliphatic hydroxyl groups excluding tert-OH is 1. The second kappa shape index (κ2) is 9.74. The first-order valence-corrected chi connectivity index (χ1v) is 12.5. The van der Waals surface area contributed by atoms with E-state index in [-0.39, 0.29) is 17.4 Å². The zero-order chi connectivity index (χ0) is 27.1. The quantitative estimate of drug-likeness (QED) is 0.183.